The van der Waals surface area contributed by atoms with Gasteiger partial charge < -0.3 is 10.0 Å². The number of nitrogens with zero attached hydrogens (tertiary/aromatic N) is 1. The van der Waals surface area contributed by atoms with Gasteiger partial charge in [0.2, 0.25) is 7.85 Å². The SMILES string of the molecule is BC(=O)N1CC(O)C1. The monoisotopic (exact) mass is 113 g/mol. The lowest BCUT2D eigenvalue weighted by Crippen LogP contribution is -2.53. The van der Waals surface area contributed by atoms with Crippen LogP contribution >= 0.6 is 0 Å². The summed E-state index contributed by atoms with van der Waals surface area (Å²) in [6.07, 6.45) is -0.265. The van der Waals surface area contributed by atoms with E-state index in [1.165, 1.54) is 7.85 Å². The largest absolute Gasteiger partial charge is 0.389 e. The van der Waals surface area contributed by atoms with Crippen molar-refractivity contribution in [1.29, 1.82) is 0 Å². The zero-order valence-electron chi connectivity index (χ0n) is 4.79. The molecule has 0 atom stereocenters. The number of carbonyl (C=O) groups is 1. The van der Waals surface area contributed by atoms with Crippen LogP contribution in [0.3, 0.4) is 0 Å². The Hall–Kier alpha value is -0.505. The van der Waals surface area contributed by atoms with Crippen LogP contribution in [0.5, 0.6) is 0 Å². The number of likely N-dealkylation sites (tertiary alicyclic amines) is 1. The number of hydrogen-bond acceptors (Lipinski definition) is 2. The molecule has 1 aliphatic rings. The molecule has 0 aliphatic carbocycles. The van der Waals surface area contributed by atoms with Crippen LogP contribution in [-0.4, -0.2) is 42.9 Å². The Morgan fingerprint density at radius 2 is 2.25 bits per heavy atom. The first-order chi connectivity index (χ1) is 3.70. The third-order valence-electron chi connectivity index (χ3n) is 1.31. The van der Waals surface area contributed by atoms with Crippen LogP contribution in [0.2, 0.25) is 0 Å². The van der Waals surface area contributed by atoms with Gasteiger partial charge in [0.1, 0.15) is 0 Å². The maximum atomic E-state index is 10.4. The minimum atomic E-state index is -0.265. The summed E-state index contributed by atoms with van der Waals surface area (Å²) in [5.74, 6) is 0.0512. The first-order valence-corrected chi connectivity index (χ1v) is 2.63. The predicted octanol–water partition coefficient (Wildman–Crippen LogP) is -1.58. The molecule has 44 valence electrons. The lowest BCUT2D eigenvalue weighted by molar-refractivity contribution is 0.0342. The van der Waals surface area contributed by atoms with Crippen LogP contribution in [0.15, 0.2) is 0 Å². The van der Waals surface area contributed by atoms with Gasteiger partial charge in [-0.15, -0.1) is 0 Å². The standard InChI is InChI=1S/C4H8BNO2/c5-4(8)6-1-3(7)2-6/h3,7H,1-2,5H2. The molecule has 1 amide bonds. The van der Waals surface area contributed by atoms with Crippen LogP contribution in [0.1, 0.15) is 0 Å². The molecule has 1 fully saturated rings. The van der Waals surface area contributed by atoms with E-state index in [2.05, 4.69) is 0 Å². The second-order valence-corrected chi connectivity index (χ2v) is 2.08. The van der Waals surface area contributed by atoms with Gasteiger partial charge in [-0.1, -0.05) is 0 Å². The van der Waals surface area contributed by atoms with Crippen molar-refractivity contribution in [3.8, 4) is 0 Å². The summed E-state index contributed by atoms with van der Waals surface area (Å²) >= 11 is 0. The molecule has 0 aromatic rings. The zero-order chi connectivity index (χ0) is 6.15. The lowest BCUT2D eigenvalue weighted by Gasteiger charge is -2.35. The molecule has 1 N–H and O–H groups in total. The average molecular weight is 113 g/mol. The van der Waals surface area contributed by atoms with Gasteiger partial charge in [0.25, 0.3) is 0 Å². The molecule has 0 aromatic carbocycles. The Kier molecular flexibility index (Phi) is 1.25. The van der Waals surface area contributed by atoms with E-state index in [9.17, 15) is 4.79 Å². The summed E-state index contributed by atoms with van der Waals surface area (Å²) in [6, 6.07) is 0. The Morgan fingerprint density at radius 1 is 1.75 bits per heavy atom. The number of rotatable bonds is 0. The molecular formula is C4H8BNO2. The lowest BCUT2D eigenvalue weighted by atomic mass is 10.0. The van der Waals surface area contributed by atoms with Crippen molar-refractivity contribution >= 4 is 13.7 Å². The van der Waals surface area contributed by atoms with Crippen molar-refractivity contribution < 1.29 is 9.90 Å². The first kappa shape index (κ1) is 5.63. The number of aliphatic hydroxyl groups excluding tert-OH is 1. The normalized spacial score (nSPS) is 20.4. The molecule has 0 unspecified atom stereocenters. The predicted molar refractivity (Wildman–Crippen MR) is 31.5 cm³/mol. The molecular weight excluding hydrogens is 105 g/mol. The third-order valence-corrected chi connectivity index (χ3v) is 1.31. The average Bonchev–Trinajstić information content (AvgIpc) is 1.57. The minimum Gasteiger partial charge on any atom is -0.389 e. The van der Waals surface area contributed by atoms with Crippen LogP contribution in [-0.2, 0) is 0 Å². The molecule has 1 rings (SSSR count). The summed E-state index contributed by atoms with van der Waals surface area (Å²) in [7, 11) is 1.51. The van der Waals surface area contributed by atoms with Crippen LogP contribution in [0.25, 0.3) is 0 Å². The molecule has 4 heteroatoms. The number of carbonyl (C=O) groups excluding carboxylic acids is 1. The van der Waals surface area contributed by atoms with Gasteiger partial charge in [0, 0.05) is 13.1 Å². The summed E-state index contributed by atoms with van der Waals surface area (Å²) in [5.41, 5.74) is 0. The molecule has 3 nitrogen and oxygen atoms in total. The van der Waals surface area contributed by atoms with E-state index in [1.807, 2.05) is 0 Å². The fourth-order valence-corrected chi connectivity index (χ4v) is 0.712. The van der Waals surface area contributed by atoms with Crippen molar-refractivity contribution in [1.82, 2.24) is 4.90 Å². The van der Waals surface area contributed by atoms with Crippen LogP contribution in [0.4, 0.5) is 4.79 Å². The topological polar surface area (TPSA) is 40.5 Å². The summed E-state index contributed by atoms with van der Waals surface area (Å²) in [6.45, 7) is 1.05. The van der Waals surface area contributed by atoms with E-state index in [4.69, 9.17) is 5.11 Å². The molecule has 0 bridgehead atoms. The highest BCUT2D eigenvalue weighted by atomic mass is 16.3. The second-order valence-electron chi connectivity index (χ2n) is 2.08. The summed E-state index contributed by atoms with van der Waals surface area (Å²) < 4.78 is 0. The number of amides is 1. The molecule has 0 spiro atoms. The maximum Gasteiger partial charge on any atom is 0.215 e. The Balaban J connectivity index is 2.25. The minimum absolute atomic E-state index is 0.0512. The van der Waals surface area contributed by atoms with Crippen molar-refractivity contribution in [2.45, 2.75) is 6.10 Å². The number of β-amino-alcohol motifs (C(OH)–C–C–N with tert-alkyl or cyclic N) is 1. The van der Waals surface area contributed by atoms with Gasteiger partial charge in [0.15, 0.2) is 5.81 Å². The van der Waals surface area contributed by atoms with Crippen molar-refractivity contribution in [2.24, 2.45) is 0 Å². The fraction of sp³-hybridized carbons (Fsp3) is 0.750. The molecule has 1 saturated heterocycles. The maximum absolute atomic E-state index is 10.4. The highest BCUT2D eigenvalue weighted by molar-refractivity contribution is 6.57. The highest BCUT2D eigenvalue weighted by Gasteiger charge is 2.25. The summed E-state index contributed by atoms with van der Waals surface area (Å²) in [4.78, 5) is 12.0. The second kappa shape index (κ2) is 1.78. The zero-order valence-corrected chi connectivity index (χ0v) is 4.79. The fourth-order valence-electron chi connectivity index (χ4n) is 0.712. The van der Waals surface area contributed by atoms with Crippen LogP contribution < -0.4 is 0 Å². The van der Waals surface area contributed by atoms with E-state index in [0.717, 1.165) is 0 Å². The highest BCUT2D eigenvalue weighted by Crippen LogP contribution is 2.05. The van der Waals surface area contributed by atoms with E-state index in [1.54, 1.807) is 4.90 Å². The number of hydrogen-bond donors (Lipinski definition) is 1. The van der Waals surface area contributed by atoms with Gasteiger partial charge >= 0.3 is 0 Å². The van der Waals surface area contributed by atoms with Crippen molar-refractivity contribution in [3.05, 3.63) is 0 Å². The molecule has 0 saturated carbocycles. The Morgan fingerprint density at radius 3 is 2.38 bits per heavy atom. The van der Waals surface area contributed by atoms with Gasteiger partial charge in [-0.3, -0.25) is 4.79 Å². The molecule has 0 aromatic heterocycles. The Bertz CT molecular complexity index is 111. The third kappa shape index (κ3) is 0.840. The van der Waals surface area contributed by atoms with Crippen LogP contribution in [0, 0.1) is 0 Å². The number of aliphatic hydroxyl groups is 1. The smallest absolute Gasteiger partial charge is 0.215 e. The first-order valence-electron chi connectivity index (χ1n) is 2.63. The summed E-state index contributed by atoms with van der Waals surface area (Å²) in [5, 5.41) is 8.67. The van der Waals surface area contributed by atoms with E-state index in [0.29, 0.717) is 13.1 Å². The van der Waals surface area contributed by atoms with Gasteiger partial charge in [-0.05, 0) is 0 Å². The Labute approximate surface area is 48.7 Å². The van der Waals surface area contributed by atoms with Gasteiger partial charge in [-0.25, -0.2) is 0 Å². The van der Waals surface area contributed by atoms with E-state index in [-0.39, 0.29) is 11.9 Å². The van der Waals surface area contributed by atoms with Crippen molar-refractivity contribution in [3.63, 3.8) is 0 Å². The molecule has 0 radical (unpaired) electrons. The van der Waals surface area contributed by atoms with Gasteiger partial charge in [-0.2, -0.15) is 0 Å². The van der Waals surface area contributed by atoms with E-state index < -0.39 is 0 Å². The molecule has 1 heterocycles. The van der Waals surface area contributed by atoms with Gasteiger partial charge in [0.05, 0.1) is 6.10 Å². The molecule has 1 aliphatic heterocycles. The van der Waals surface area contributed by atoms with Crippen molar-refractivity contribution in [2.75, 3.05) is 13.1 Å². The van der Waals surface area contributed by atoms with E-state index >= 15 is 0 Å². The molecule has 8 heavy (non-hydrogen) atoms. The quantitative estimate of drug-likeness (QED) is 0.385.